The molecule has 1 N–H and O–H groups in total. The topological polar surface area (TPSA) is 15.3 Å². The van der Waals surface area contributed by atoms with E-state index in [9.17, 15) is 0 Å². The first-order valence-corrected chi connectivity index (χ1v) is 6.79. The molecule has 0 aromatic heterocycles. The predicted molar refractivity (Wildman–Crippen MR) is 80.7 cm³/mol. The normalized spacial score (nSPS) is 20.3. The van der Waals surface area contributed by atoms with Crippen molar-refractivity contribution in [3.05, 3.63) is 34.9 Å². The molecule has 0 radical (unpaired) electrons. The highest BCUT2D eigenvalue weighted by Crippen LogP contribution is 2.20. The van der Waals surface area contributed by atoms with Crippen molar-refractivity contribution in [3.8, 4) is 0 Å². The molecule has 0 bridgehead atoms. The highest BCUT2D eigenvalue weighted by molar-refractivity contribution is 6.31. The maximum absolute atomic E-state index is 6.20. The van der Waals surface area contributed by atoms with Gasteiger partial charge in [0.05, 0.1) is 0 Å². The summed E-state index contributed by atoms with van der Waals surface area (Å²) < 4.78 is 0. The second-order valence-corrected chi connectivity index (χ2v) is 5.25. The zero-order valence-electron chi connectivity index (χ0n) is 10.9. The van der Waals surface area contributed by atoms with Crippen LogP contribution in [0.5, 0.6) is 0 Å². The summed E-state index contributed by atoms with van der Waals surface area (Å²) in [5.74, 6) is 0. The lowest BCUT2D eigenvalue weighted by atomic mass is 10.1. The standard InChI is InChI=1S/C14H21ClN2.ClH/c1-17(13-6-4-9-16-10-8-13)11-12-5-2-3-7-14(12)15;/h2-3,5,7,13,16H,4,6,8-11H2,1H3;1H. The summed E-state index contributed by atoms with van der Waals surface area (Å²) in [5, 5.41) is 4.34. The fourth-order valence-electron chi connectivity index (χ4n) is 2.47. The Balaban J connectivity index is 0.00000162. The van der Waals surface area contributed by atoms with E-state index >= 15 is 0 Å². The average Bonchev–Trinajstić information content (AvgIpc) is 2.61. The minimum Gasteiger partial charge on any atom is -0.317 e. The molecule has 1 aliphatic heterocycles. The van der Waals surface area contributed by atoms with Gasteiger partial charge in [-0.2, -0.15) is 0 Å². The molecule has 2 nitrogen and oxygen atoms in total. The molecule has 1 heterocycles. The number of halogens is 2. The summed E-state index contributed by atoms with van der Waals surface area (Å²) in [6.07, 6.45) is 3.80. The summed E-state index contributed by atoms with van der Waals surface area (Å²) in [6.45, 7) is 3.25. The van der Waals surface area contributed by atoms with Gasteiger partial charge in [0.1, 0.15) is 0 Å². The Morgan fingerprint density at radius 3 is 2.83 bits per heavy atom. The van der Waals surface area contributed by atoms with Crippen molar-refractivity contribution >= 4 is 24.0 Å². The minimum atomic E-state index is 0. The van der Waals surface area contributed by atoms with Gasteiger partial charge in [-0.05, 0) is 51.0 Å². The Kier molecular flexibility index (Phi) is 7.02. The van der Waals surface area contributed by atoms with Gasteiger partial charge in [-0.15, -0.1) is 12.4 Å². The Bertz CT molecular complexity index is 349. The number of benzene rings is 1. The largest absolute Gasteiger partial charge is 0.317 e. The number of rotatable bonds is 3. The van der Waals surface area contributed by atoms with E-state index in [0.29, 0.717) is 6.04 Å². The van der Waals surface area contributed by atoms with Crippen LogP contribution in [-0.4, -0.2) is 31.1 Å². The summed E-state index contributed by atoms with van der Waals surface area (Å²) >= 11 is 6.20. The van der Waals surface area contributed by atoms with E-state index in [1.54, 1.807) is 0 Å². The molecule has 1 saturated heterocycles. The molecule has 1 fully saturated rings. The zero-order valence-corrected chi connectivity index (χ0v) is 12.4. The highest BCUT2D eigenvalue weighted by atomic mass is 35.5. The minimum absolute atomic E-state index is 0. The maximum Gasteiger partial charge on any atom is 0.0451 e. The van der Waals surface area contributed by atoms with Gasteiger partial charge in [0.15, 0.2) is 0 Å². The van der Waals surface area contributed by atoms with Crippen molar-refractivity contribution in [2.24, 2.45) is 0 Å². The van der Waals surface area contributed by atoms with E-state index in [-0.39, 0.29) is 12.4 Å². The summed E-state index contributed by atoms with van der Waals surface area (Å²) in [6, 6.07) is 8.82. The van der Waals surface area contributed by atoms with Crippen LogP contribution in [0, 0.1) is 0 Å². The quantitative estimate of drug-likeness (QED) is 0.918. The molecule has 0 aliphatic carbocycles. The van der Waals surface area contributed by atoms with Crippen LogP contribution in [0.2, 0.25) is 5.02 Å². The average molecular weight is 289 g/mol. The van der Waals surface area contributed by atoms with Crippen molar-refractivity contribution in [2.75, 3.05) is 20.1 Å². The molecule has 1 unspecified atom stereocenters. The van der Waals surface area contributed by atoms with E-state index in [2.05, 4.69) is 29.4 Å². The van der Waals surface area contributed by atoms with Crippen LogP contribution >= 0.6 is 24.0 Å². The molecule has 102 valence electrons. The molecule has 0 saturated carbocycles. The number of hydrogen-bond donors (Lipinski definition) is 1. The Morgan fingerprint density at radius 1 is 1.28 bits per heavy atom. The van der Waals surface area contributed by atoms with E-state index in [1.165, 1.54) is 24.8 Å². The second-order valence-electron chi connectivity index (χ2n) is 4.84. The van der Waals surface area contributed by atoms with Crippen LogP contribution in [-0.2, 0) is 6.54 Å². The van der Waals surface area contributed by atoms with Crippen LogP contribution in [0.3, 0.4) is 0 Å². The summed E-state index contributed by atoms with van der Waals surface area (Å²) in [7, 11) is 2.21. The lowest BCUT2D eigenvalue weighted by Gasteiger charge is -2.27. The molecular formula is C14H22Cl2N2. The van der Waals surface area contributed by atoms with Gasteiger partial charge in [-0.25, -0.2) is 0 Å². The first-order valence-electron chi connectivity index (χ1n) is 6.42. The van der Waals surface area contributed by atoms with Crippen molar-refractivity contribution < 1.29 is 0 Å². The third kappa shape index (κ3) is 4.43. The van der Waals surface area contributed by atoms with E-state index in [4.69, 9.17) is 11.6 Å². The van der Waals surface area contributed by atoms with Crippen LogP contribution in [0.1, 0.15) is 24.8 Å². The third-order valence-electron chi connectivity index (χ3n) is 3.55. The van der Waals surface area contributed by atoms with E-state index < -0.39 is 0 Å². The van der Waals surface area contributed by atoms with Crippen LogP contribution < -0.4 is 5.32 Å². The molecule has 18 heavy (non-hydrogen) atoms. The van der Waals surface area contributed by atoms with Gasteiger partial charge in [0, 0.05) is 17.6 Å². The fraction of sp³-hybridized carbons (Fsp3) is 0.571. The molecule has 1 atom stereocenters. The Hall–Kier alpha value is -0.280. The number of nitrogens with zero attached hydrogens (tertiary/aromatic N) is 1. The van der Waals surface area contributed by atoms with Crippen molar-refractivity contribution in [2.45, 2.75) is 31.8 Å². The van der Waals surface area contributed by atoms with Gasteiger partial charge < -0.3 is 5.32 Å². The smallest absolute Gasteiger partial charge is 0.0451 e. The Morgan fingerprint density at radius 2 is 2.06 bits per heavy atom. The lowest BCUT2D eigenvalue weighted by molar-refractivity contribution is 0.216. The maximum atomic E-state index is 6.20. The zero-order chi connectivity index (χ0) is 12.1. The lowest BCUT2D eigenvalue weighted by Crippen LogP contribution is -2.32. The van der Waals surface area contributed by atoms with Gasteiger partial charge in [-0.1, -0.05) is 29.8 Å². The van der Waals surface area contributed by atoms with Crippen molar-refractivity contribution in [3.63, 3.8) is 0 Å². The van der Waals surface area contributed by atoms with Gasteiger partial charge in [0.2, 0.25) is 0 Å². The van der Waals surface area contributed by atoms with Gasteiger partial charge >= 0.3 is 0 Å². The molecular weight excluding hydrogens is 267 g/mol. The molecule has 4 heteroatoms. The molecule has 2 rings (SSSR count). The van der Waals surface area contributed by atoms with E-state index in [0.717, 1.165) is 24.7 Å². The second kappa shape index (κ2) is 8.00. The fourth-order valence-corrected chi connectivity index (χ4v) is 2.66. The molecule has 1 aromatic rings. The first-order chi connectivity index (χ1) is 8.27. The molecule has 0 spiro atoms. The van der Waals surface area contributed by atoms with Gasteiger partial charge in [0.25, 0.3) is 0 Å². The first kappa shape index (κ1) is 15.8. The van der Waals surface area contributed by atoms with E-state index in [1.807, 2.05) is 12.1 Å². The SMILES string of the molecule is CN(Cc1ccccc1Cl)C1CCCNCC1.Cl. The van der Waals surface area contributed by atoms with Gasteiger partial charge in [-0.3, -0.25) is 4.90 Å². The summed E-state index contributed by atoms with van der Waals surface area (Å²) in [4.78, 5) is 2.44. The molecule has 1 aliphatic rings. The molecule has 1 aromatic carbocycles. The third-order valence-corrected chi connectivity index (χ3v) is 3.91. The summed E-state index contributed by atoms with van der Waals surface area (Å²) in [5.41, 5.74) is 1.23. The monoisotopic (exact) mass is 288 g/mol. The van der Waals surface area contributed by atoms with Crippen LogP contribution in [0.15, 0.2) is 24.3 Å². The number of hydrogen-bond acceptors (Lipinski definition) is 2. The highest BCUT2D eigenvalue weighted by Gasteiger charge is 2.17. The van der Waals surface area contributed by atoms with Crippen LogP contribution in [0.4, 0.5) is 0 Å². The van der Waals surface area contributed by atoms with Crippen molar-refractivity contribution in [1.82, 2.24) is 10.2 Å². The Labute approximate surface area is 121 Å². The number of nitrogens with one attached hydrogen (secondary N) is 1. The van der Waals surface area contributed by atoms with Crippen molar-refractivity contribution in [1.29, 1.82) is 0 Å². The predicted octanol–water partition coefficient (Wildman–Crippen LogP) is 3.34. The van der Waals surface area contributed by atoms with Crippen LogP contribution in [0.25, 0.3) is 0 Å². The molecule has 0 amide bonds.